The van der Waals surface area contributed by atoms with Crippen molar-refractivity contribution in [1.82, 2.24) is 8.61 Å². The molecule has 0 aromatic heterocycles. The fourth-order valence-electron chi connectivity index (χ4n) is 3.00. The van der Waals surface area contributed by atoms with Crippen molar-refractivity contribution < 1.29 is 17.9 Å². The number of benzene rings is 2. The van der Waals surface area contributed by atoms with Crippen LogP contribution in [0.5, 0.6) is 5.75 Å². The summed E-state index contributed by atoms with van der Waals surface area (Å²) in [6, 6.07) is 14.0. The largest absolute Gasteiger partial charge is 0.497 e. The van der Waals surface area contributed by atoms with Crippen molar-refractivity contribution in [2.75, 3.05) is 32.1 Å². The lowest BCUT2D eigenvalue weighted by Gasteiger charge is -2.34. The molecule has 1 aliphatic heterocycles. The molecule has 1 fully saturated rings. The van der Waals surface area contributed by atoms with Gasteiger partial charge in [-0.15, -0.1) is 0 Å². The molecule has 1 heterocycles. The summed E-state index contributed by atoms with van der Waals surface area (Å²) in [6.45, 7) is 0.734. The monoisotopic (exact) mass is 423 g/mol. The molecule has 2 aromatic rings. The molecular formula is C19H22ClN3O4S. The summed E-state index contributed by atoms with van der Waals surface area (Å²) < 4.78 is 33.5. The Kier molecular flexibility index (Phi) is 6.56. The van der Waals surface area contributed by atoms with Crippen LogP contribution in [0.3, 0.4) is 0 Å². The van der Waals surface area contributed by atoms with Gasteiger partial charge in [-0.25, -0.2) is 0 Å². The minimum absolute atomic E-state index is 0.242. The Morgan fingerprint density at radius 3 is 2.54 bits per heavy atom. The normalized spacial score (nSPS) is 17.2. The molecule has 0 spiro atoms. The van der Waals surface area contributed by atoms with Crippen LogP contribution >= 0.6 is 11.6 Å². The van der Waals surface area contributed by atoms with Gasteiger partial charge in [0, 0.05) is 30.3 Å². The van der Waals surface area contributed by atoms with Crippen LogP contribution in [-0.2, 0) is 21.5 Å². The zero-order valence-electron chi connectivity index (χ0n) is 15.5. The molecule has 1 saturated heterocycles. The minimum atomic E-state index is -3.73. The Labute approximate surface area is 170 Å². The lowest BCUT2D eigenvalue weighted by molar-refractivity contribution is -0.116. The Balaban J connectivity index is 1.65. The van der Waals surface area contributed by atoms with Gasteiger partial charge < -0.3 is 10.1 Å². The SMILES string of the molecule is COc1ccc(CN2CCCN(CC(=O)Nc3cccc(Cl)c3)S2(=O)=O)cc1. The number of carbonyl (C=O) groups is 1. The topological polar surface area (TPSA) is 79.0 Å². The number of nitrogens with zero attached hydrogens (tertiary/aromatic N) is 2. The summed E-state index contributed by atoms with van der Waals surface area (Å²) in [5.41, 5.74) is 1.39. The molecule has 3 rings (SSSR count). The van der Waals surface area contributed by atoms with Gasteiger partial charge in [0.15, 0.2) is 0 Å². The quantitative estimate of drug-likeness (QED) is 0.774. The number of ether oxygens (including phenoxy) is 1. The zero-order valence-corrected chi connectivity index (χ0v) is 17.0. The number of methoxy groups -OCH3 is 1. The zero-order chi connectivity index (χ0) is 20.1. The second-order valence-corrected chi connectivity index (χ2v) is 8.80. The summed E-state index contributed by atoms with van der Waals surface area (Å²) in [6.07, 6.45) is 0.653. The van der Waals surface area contributed by atoms with Gasteiger partial charge in [0.1, 0.15) is 5.75 Å². The number of hydrogen-bond donors (Lipinski definition) is 1. The summed E-state index contributed by atoms with van der Waals surface area (Å²) in [5.74, 6) is 0.307. The molecule has 0 atom stereocenters. The highest BCUT2D eigenvalue weighted by Crippen LogP contribution is 2.21. The maximum Gasteiger partial charge on any atom is 0.282 e. The van der Waals surface area contributed by atoms with Gasteiger partial charge in [0.2, 0.25) is 5.91 Å². The molecule has 0 unspecified atom stereocenters. The van der Waals surface area contributed by atoms with Gasteiger partial charge in [0.05, 0.1) is 13.7 Å². The van der Waals surface area contributed by atoms with Crippen LogP contribution in [-0.4, -0.2) is 49.7 Å². The molecule has 2 aromatic carbocycles. The van der Waals surface area contributed by atoms with Gasteiger partial charge in [-0.05, 0) is 42.3 Å². The molecule has 0 saturated carbocycles. The fourth-order valence-corrected chi connectivity index (χ4v) is 4.83. The van der Waals surface area contributed by atoms with E-state index in [1.807, 2.05) is 12.1 Å². The van der Waals surface area contributed by atoms with Crippen LogP contribution in [0, 0.1) is 0 Å². The van der Waals surface area contributed by atoms with E-state index in [9.17, 15) is 13.2 Å². The van der Waals surface area contributed by atoms with Gasteiger partial charge in [-0.2, -0.15) is 17.0 Å². The van der Waals surface area contributed by atoms with E-state index in [0.29, 0.717) is 36.0 Å². The number of halogens is 1. The first-order valence-electron chi connectivity index (χ1n) is 8.82. The first kappa shape index (κ1) is 20.6. The number of anilines is 1. The van der Waals surface area contributed by atoms with Crippen LogP contribution in [0.1, 0.15) is 12.0 Å². The summed E-state index contributed by atoms with van der Waals surface area (Å²) in [5, 5.41) is 3.18. The van der Waals surface area contributed by atoms with E-state index >= 15 is 0 Å². The van der Waals surface area contributed by atoms with E-state index in [1.54, 1.807) is 43.5 Å². The van der Waals surface area contributed by atoms with Gasteiger partial charge in [-0.3, -0.25) is 4.79 Å². The number of amides is 1. The van der Waals surface area contributed by atoms with Crippen molar-refractivity contribution in [3.8, 4) is 5.75 Å². The third kappa shape index (κ3) is 5.02. The average Bonchev–Trinajstić information content (AvgIpc) is 2.66. The lowest BCUT2D eigenvalue weighted by Crippen LogP contribution is -2.51. The standard InChI is InChI=1S/C19H22ClN3O4S/c1-27-18-8-6-15(7-9-18)13-22-10-3-11-23(28(22,25)26)14-19(24)21-17-5-2-4-16(20)12-17/h2,4-9,12H,3,10-11,13-14H2,1H3,(H,21,24). The molecule has 28 heavy (non-hydrogen) atoms. The number of nitrogens with one attached hydrogen (secondary N) is 1. The first-order chi connectivity index (χ1) is 13.4. The molecule has 1 N–H and O–H groups in total. The molecule has 1 amide bonds. The number of rotatable bonds is 6. The van der Waals surface area contributed by atoms with Crippen LogP contribution in [0.25, 0.3) is 0 Å². The van der Waals surface area contributed by atoms with Gasteiger partial charge >= 0.3 is 0 Å². The summed E-state index contributed by atoms with van der Waals surface area (Å²) >= 11 is 5.91. The molecular weight excluding hydrogens is 402 g/mol. The number of carbonyl (C=O) groups excluding carboxylic acids is 1. The second kappa shape index (κ2) is 8.91. The smallest absolute Gasteiger partial charge is 0.282 e. The summed E-state index contributed by atoms with van der Waals surface area (Å²) in [7, 11) is -2.15. The van der Waals surface area contributed by atoms with E-state index in [2.05, 4.69) is 5.32 Å². The Morgan fingerprint density at radius 2 is 1.86 bits per heavy atom. The van der Waals surface area contributed by atoms with Crippen molar-refractivity contribution in [1.29, 1.82) is 0 Å². The van der Waals surface area contributed by atoms with Gasteiger partial charge in [0.25, 0.3) is 10.2 Å². The highest BCUT2D eigenvalue weighted by atomic mass is 35.5. The molecule has 150 valence electrons. The predicted octanol–water partition coefficient (Wildman–Crippen LogP) is 2.74. The third-order valence-electron chi connectivity index (χ3n) is 4.41. The highest BCUT2D eigenvalue weighted by Gasteiger charge is 2.34. The molecule has 1 aliphatic rings. The molecule has 0 bridgehead atoms. The van der Waals surface area contributed by atoms with E-state index in [0.717, 1.165) is 5.56 Å². The Bertz CT molecular complexity index is 934. The van der Waals surface area contributed by atoms with Crippen molar-refractivity contribution in [2.45, 2.75) is 13.0 Å². The number of hydrogen-bond acceptors (Lipinski definition) is 4. The molecule has 0 radical (unpaired) electrons. The van der Waals surface area contributed by atoms with E-state index in [4.69, 9.17) is 16.3 Å². The highest BCUT2D eigenvalue weighted by molar-refractivity contribution is 7.86. The maximum atomic E-state index is 12.9. The van der Waals surface area contributed by atoms with Crippen molar-refractivity contribution in [2.24, 2.45) is 0 Å². The van der Waals surface area contributed by atoms with Crippen LogP contribution in [0.2, 0.25) is 5.02 Å². The fraction of sp³-hybridized carbons (Fsp3) is 0.316. The van der Waals surface area contributed by atoms with Crippen LogP contribution < -0.4 is 10.1 Å². The molecule has 0 aliphatic carbocycles. The van der Waals surface area contributed by atoms with E-state index in [-0.39, 0.29) is 13.1 Å². The minimum Gasteiger partial charge on any atom is -0.497 e. The van der Waals surface area contributed by atoms with Crippen LogP contribution in [0.15, 0.2) is 48.5 Å². The Morgan fingerprint density at radius 1 is 1.14 bits per heavy atom. The van der Waals surface area contributed by atoms with E-state index < -0.39 is 16.1 Å². The van der Waals surface area contributed by atoms with Crippen molar-refractivity contribution in [3.63, 3.8) is 0 Å². The Hall–Kier alpha value is -2.13. The van der Waals surface area contributed by atoms with Crippen molar-refractivity contribution in [3.05, 3.63) is 59.1 Å². The van der Waals surface area contributed by atoms with Crippen molar-refractivity contribution >= 4 is 33.4 Å². The maximum absolute atomic E-state index is 12.9. The third-order valence-corrected chi connectivity index (χ3v) is 6.58. The summed E-state index contributed by atoms with van der Waals surface area (Å²) in [4.78, 5) is 12.3. The van der Waals surface area contributed by atoms with E-state index in [1.165, 1.54) is 8.61 Å². The molecule has 9 heteroatoms. The average molecular weight is 424 g/mol. The lowest BCUT2D eigenvalue weighted by atomic mass is 10.2. The first-order valence-corrected chi connectivity index (χ1v) is 10.6. The van der Waals surface area contributed by atoms with Crippen LogP contribution in [0.4, 0.5) is 5.69 Å². The second-order valence-electron chi connectivity index (χ2n) is 6.44. The predicted molar refractivity (Wildman–Crippen MR) is 109 cm³/mol. The van der Waals surface area contributed by atoms with Gasteiger partial charge in [-0.1, -0.05) is 29.8 Å². The molecule has 7 nitrogen and oxygen atoms in total.